The Morgan fingerprint density at radius 3 is 2.71 bits per heavy atom. The zero-order valence-electron chi connectivity index (χ0n) is 12.5. The minimum atomic E-state index is -0.542. The lowest BCUT2D eigenvalue weighted by molar-refractivity contribution is -0.119. The molecule has 2 aromatic rings. The van der Waals surface area contributed by atoms with Crippen LogP contribution >= 0.6 is 0 Å². The first kappa shape index (κ1) is 14.7. The summed E-state index contributed by atoms with van der Waals surface area (Å²) in [4.78, 5) is 12.3. The summed E-state index contributed by atoms with van der Waals surface area (Å²) in [5.74, 6) is -0.193. The van der Waals surface area contributed by atoms with Gasteiger partial charge in [0, 0.05) is 5.69 Å². The average Bonchev–Trinajstić information content (AvgIpc) is 2.84. The second-order valence-electron chi connectivity index (χ2n) is 4.99. The highest BCUT2D eigenvalue weighted by Crippen LogP contribution is 2.20. The molecule has 6 heteroatoms. The van der Waals surface area contributed by atoms with Gasteiger partial charge in [-0.15, -0.1) is 5.10 Å². The molecule has 2 rings (SSSR count). The Bertz CT molecular complexity index is 726. The van der Waals surface area contributed by atoms with E-state index in [0.29, 0.717) is 5.69 Å². The summed E-state index contributed by atoms with van der Waals surface area (Å²) < 4.78 is 1.46. The summed E-state index contributed by atoms with van der Waals surface area (Å²) in [6.07, 6.45) is 0. The van der Waals surface area contributed by atoms with E-state index in [-0.39, 0.29) is 11.6 Å². The summed E-state index contributed by atoms with van der Waals surface area (Å²) >= 11 is 0. The maximum Gasteiger partial charge on any atom is 0.249 e. The molecule has 1 N–H and O–H groups in total. The number of benzene rings is 1. The van der Waals surface area contributed by atoms with Gasteiger partial charge in [0.05, 0.1) is 5.69 Å². The monoisotopic (exact) mass is 283 g/mol. The lowest BCUT2D eigenvalue weighted by Crippen LogP contribution is -2.25. The predicted octanol–water partition coefficient (Wildman–Crippen LogP) is 2.27. The van der Waals surface area contributed by atoms with Crippen molar-refractivity contribution in [2.75, 3.05) is 5.32 Å². The van der Waals surface area contributed by atoms with Crippen LogP contribution in [0.2, 0.25) is 0 Å². The molecule has 1 amide bonds. The fourth-order valence-corrected chi connectivity index (χ4v) is 2.05. The van der Waals surface area contributed by atoms with Crippen molar-refractivity contribution in [1.29, 1.82) is 5.26 Å². The Labute approximate surface area is 123 Å². The zero-order chi connectivity index (χ0) is 15.6. The van der Waals surface area contributed by atoms with Gasteiger partial charge in [-0.25, -0.2) is 4.68 Å². The molecule has 0 bridgehead atoms. The fraction of sp³-hybridized carbons (Fsp3) is 0.333. The smallest absolute Gasteiger partial charge is 0.249 e. The molecule has 108 valence electrons. The van der Waals surface area contributed by atoms with E-state index in [1.54, 1.807) is 13.8 Å². The predicted molar refractivity (Wildman–Crippen MR) is 78.7 cm³/mol. The number of aryl methyl sites for hydroxylation is 1. The van der Waals surface area contributed by atoms with Crippen LogP contribution in [0.5, 0.6) is 0 Å². The number of carbonyl (C=O) groups is 1. The minimum absolute atomic E-state index is 0.193. The maximum absolute atomic E-state index is 12.3. The lowest BCUT2D eigenvalue weighted by Gasteiger charge is -2.15. The van der Waals surface area contributed by atoms with Crippen molar-refractivity contribution in [2.24, 2.45) is 0 Å². The molecule has 6 nitrogen and oxygen atoms in total. The number of anilines is 1. The lowest BCUT2D eigenvalue weighted by atomic mass is 10.1. The summed E-state index contributed by atoms with van der Waals surface area (Å²) in [6.45, 7) is 7.41. The number of nitrogens with one attached hydrogen (secondary N) is 1. The number of nitriles is 1. The molecular formula is C15H17N5O. The van der Waals surface area contributed by atoms with E-state index < -0.39 is 6.04 Å². The zero-order valence-corrected chi connectivity index (χ0v) is 12.5. The summed E-state index contributed by atoms with van der Waals surface area (Å²) in [7, 11) is 0. The molecule has 1 aromatic heterocycles. The van der Waals surface area contributed by atoms with Gasteiger partial charge in [-0.1, -0.05) is 17.3 Å². The topological polar surface area (TPSA) is 83.6 Å². The Morgan fingerprint density at radius 1 is 1.38 bits per heavy atom. The number of rotatable bonds is 3. The second kappa shape index (κ2) is 5.75. The van der Waals surface area contributed by atoms with Crippen LogP contribution in [0, 0.1) is 32.1 Å². The van der Waals surface area contributed by atoms with Gasteiger partial charge in [-0.2, -0.15) is 5.26 Å². The van der Waals surface area contributed by atoms with E-state index in [1.807, 2.05) is 38.1 Å². The van der Waals surface area contributed by atoms with Gasteiger partial charge < -0.3 is 5.32 Å². The first-order valence-electron chi connectivity index (χ1n) is 6.64. The van der Waals surface area contributed by atoms with E-state index in [2.05, 4.69) is 15.6 Å². The van der Waals surface area contributed by atoms with E-state index in [0.717, 1.165) is 16.8 Å². The Morgan fingerprint density at radius 2 is 2.10 bits per heavy atom. The molecule has 1 heterocycles. The second-order valence-corrected chi connectivity index (χ2v) is 4.99. The largest absolute Gasteiger partial charge is 0.324 e. The first-order valence-corrected chi connectivity index (χ1v) is 6.64. The Kier molecular flexibility index (Phi) is 4.03. The number of amides is 1. The van der Waals surface area contributed by atoms with Gasteiger partial charge in [0.2, 0.25) is 5.91 Å². The summed E-state index contributed by atoms with van der Waals surface area (Å²) in [6, 6.07) is 7.17. The van der Waals surface area contributed by atoms with Crippen molar-refractivity contribution in [3.05, 3.63) is 40.7 Å². The quantitative estimate of drug-likeness (QED) is 0.936. The minimum Gasteiger partial charge on any atom is -0.324 e. The van der Waals surface area contributed by atoms with Crippen LogP contribution < -0.4 is 5.32 Å². The molecular weight excluding hydrogens is 266 g/mol. The van der Waals surface area contributed by atoms with Crippen LogP contribution in [0.25, 0.3) is 0 Å². The third-order valence-corrected chi connectivity index (χ3v) is 3.64. The third kappa shape index (κ3) is 2.77. The van der Waals surface area contributed by atoms with Gasteiger partial charge in [0.1, 0.15) is 12.1 Å². The average molecular weight is 283 g/mol. The number of hydrogen-bond donors (Lipinski definition) is 1. The fourth-order valence-electron chi connectivity index (χ4n) is 2.05. The molecule has 1 unspecified atom stereocenters. The van der Waals surface area contributed by atoms with Crippen LogP contribution in [-0.2, 0) is 4.79 Å². The Balaban J connectivity index is 2.22. The molecule has 0 spiro atoms. The molecule has 0 aliphatic rings. The van der Waals surface area contributed by atoms with Crippen LogP contribution in [0.4, 0.5) is 5.69 Å². The van der Waals surface area contributed by atoms with Gasteiger partial charge in [0.25, 0.3) is 0 Å². The number of hydrogen-bond acceptors (Lipinski definition) is 4. The van der Waals surface area contributed by atoms with Crippen molar-refractivity contribution in [3.63, 3.8) is 0 Å². The summed E-state index contributed by atoms with van der Waals surface area (Å²) in [5.41, 5.74) is 3.75. The van der Waals surface area contributed by atoms with E-state index in [4.69, 9.17) is 5.26 Å². The molecule has 0 aliphatic carbocycles. The Hall–Kier alpha value is -2.68. The molecule has 0 saturated heterocycles. The summed E-state index contributed by atoms with van der Waals surface area (Å²) in [5, 5.41) is 19.4. The van der Waals surface area contributed by atoms with E-state index in [1.165, 1.54) is 4.68 Å². The van der Waals surface area contributed by atoms with Crippen molar-refractivity contribution < 1.29 is 4.79 Å². The normalized spacial score (nSPS) is 11.8. The first-order chi connectivity index (χ1) is 9.95. The number of carbonyl (C=O) groups excluding carboxylic acids is 1. The van der Waals surface area contributed by atoms with Gasteiger partial charge in [-0.3, -0.25) is 4.79 Å². The highest BCUT2D eigenvalue weighted by molar-refractivity contribution is 5.94. The molecule has 0 saturated carbocycles. The SMILES string of the molecule is Cc1cccc(NC(=O)C(C)n2nnc(C#N)c2C)c1C. The molecule has 0 aliphatic heterocycles. The molecule has 1 aromatic carbocycles. The van der Waals surface area contributed by atoms with Gasteiger partial charge in [-0.05, 0) is 44.9 Å². The van der Waals surface area contributed by atoms with Crippen LogP contribution in [-0.4, -0.2) is 20.9 Å². The van der Waals surface area contributed by atoms with E-state index >= 15 is 0 Å². The van der Waals surface area contributed by atoms with Crippen LogP contribution in [0.3, 0.4) is 0 Å². The highest BCUT2D eigenvalue weighted by atomic mass is 16.2. The molecule has 0 radical (unpaired) electrons. The van der Waals surface area contributed by atoms with Gasteiger partial charge in [0.15, 0.2) is 5.69 Å². The number of nitrogens with zero attached hydrogens (tertiary/aromatic N) is 4. The standard InChI is InChI=1S/C15H17N5O/c1-9-6-5-7-13(10(9)2)17-15(21)12(4)20-11(3)14(8-16)18-19-20/h5-7,12H,1-4H3,(H,17,21). The molecule has 21 heavy (non-hydrogen) atoms. The van der Waals surface area contributed by atoms with Crippen LogP contribution in [0.1, 0.15) is 35.5 Å². The van der Waals surface area contributed by atoms with E-state index in [9.17, 15) is 4.79 Å². The van der Waals surface area contributed by atoms with Crippen molar-refractivity contribution in [3.8, 4) is 6.07 Å². The highest BCUT2D eigenvalue weighted by Gasteiger charge is 2.20. The van der Waals surface area contributed by atoms with Crippen LogP contribution in [0.15, 0.2) is 18.2 Å². The molecule has 0 fully saturated rings. The molecule has 1 atom stereocenters. The third-order valence-electron chi connectivity index (χ3n) is 3.64. The maximum atomic E-state index is 12.3. The van der Waals surface area contributed by atoms with Crippen molar-refractivity contribution in [2.45, 2.75) is 33.7 Å². The number of aromatic nitrogens is 3. The van der Waals surface area contributed by atoms with Crippen molar-refractivity contribution >= 4 is 11.6 Å². The van der Waals surface area contributed by atoms with Crippen molar-refractivity contribution in [1.82, 2.24) is 15.0 Å². The van der Waals surface area contributed by atoms with Gasteiger partial charge >= 0.3 is 0 Å².